The summed E-state index contributed by atoms with van der Waals surface area (Å²) in [6.45, 7) is 0.419. The summed E-state index contributed by atoms with van der Waals surface area (Å²) < 4.78 is 5.02. The molecule has 2 N–H and O–H groups in total. The third kappa shape index (κ3) is 1.48. The number of hydrogen-bond acceptors (Lipinski definition) is 3. The van der Waals surface area contributed by atoms with Gasteiger partial charge in [-0.25, -0.2) is 15.6 Å². The second-order valence-corrected chi connectivity index (χ2v) is 2.94. The molecule has 68 valence electrons. The number of ether oxygens (including phenoxy) is 1. The molecule has 0 radical (unpaired) electrons. The van der Waals surface area contributed by atoms with Crippen LogP contribution >= 0.6 is 0 Å². The summed E-state index contributed by atoms with van der Waals surface area (Å²) in [6, 6.07) is 9.55. The minimum Gasteiger partial charge on any atom is -0.438 e. The van der Waals surface area contributed by atoms with Gasteiger partial charge in [0.15, 0.2) is 0 Å². The highest BCUT2D eigenvalue weighted by molar-refractivity contribution is 5.69. The van der Waals surface area contributed by atoms with Crippen LogP contribution in [0.15, 0.2) is 30.3 Å². The van der Waals surface area contributed by atoms with Crippen LogP contribution in [0, 0.1) is 0 Å². The van der Waals surface area contributed by atoms with Gasteiger partial charge in [-0.05, 0) is 5.56 Å². The van der Waals surface area contributed by atoms with E-state index in [0.717, 1.165) is 10.6 Å². The first-order chi connectivity index (χ1) is 6.27. The fraction of sp³-hybridized carbons (Fsp3) is 0.222. The Morgan fingerprint density at radius 3 is 2.62 bits per heavy atom. The number of hydrogen-bond donors (Lipinski definition) is 1. The zero-order chi connectivity index (χ0) is 9.26. The number of nitrogens with zero attached hydrogens (tertiary/aromatic N) is 1. The van der Waals surface area contributed by atoms with Crippen LogP contribution in [0.3, 0.4) is 0 Å². The van der Waals surface area contributed by atoms with Crippen molar-refractivity contribution in [2.75, 3.05) is 6.54 Å². The number of benzene rings is 1. The highest BCUT2D eigenvalue weighted by Crippen LogP contribution is 2.23. The van der Waals surface area contributed by atoms with Crippen LogP contribution < -0.4 is 5.84 Å². The largest absolute Gasteiger partial charge is 0.438 e. The molecule has 0 bridgehead atoms. The van der Waals surface area contributed by atoms with E-state index >= 15 is 0 Å². The summed E-state index contributed by atoms with van der Waals surface area (Å²) in [6.07, 6.45) is -0.687. The Morgan fingerprint density at radius 2 is 2.08 bits per heavy atom. The van der Waals surface area contributed by atoms with Gasteiger partial charge in [0.05, 0.1) is 6.54 Å². The smallest absolute Gasteiger partial charge is 0.424 e. The summed E-state index contributed by atoms with van der Waals surface area (Å²) in [7, 11) is 0. The molecule has 1 unspecified atom stereocenters. The molecule has 2 rings (SSSR count). The Hall–Kier alpha value is -1.55. The SMILES string of the molecule is NN1CC(c2ccccc2)OC1=O. The highest BCUT2D eigenvalue weighted by Gasteiger charge is 2.29. The predicted octanol–water partition coefficient (Wildman–Crippen LogP) is 1.05. The van der Waals surface area contributed by atoms with Gasteiger partial charge in [0.1, 0.15) is 6.10 Å². The first kappa shape index (κ1) is 8.07. The van der Waals surface area contributed by atoms with Crippen LogP contribution in [-0.2, 0) is 4.74 Å². The van der Waals surface area contributed by atoms with Gasteiger partial charge >= 0.3 is 6.09 Å². The minimum atomic E-state index is -0.464. The molecule has 1 aromatic rings. The molecule has 1 saturated heterocycles. The number of carbonyl (C=O) groups is 1. The van der Waals surface area contributed by atoms with Crippen LogP contribution in [0.25, 0.3) is 0 Å². The van der Waals surface area contributed by atoms with Gasteiger partial charge in [-0.15, -0.1) is 0 Å². The second kappa shape index (κ2) is 3.06. The third-order valence-corrected chi connectivity index (χ3v) is 2.01. The molecule has 1 atom stereocenters. The molecule has 1 fully saturated rings. The van der Waals surface area contributed by atoms with Crippen molar-refractivity contribution in [3.8, 4) is 0 Å². The molecule has 1 aromatic carbocycles. The quantitative estimate of drug-likeness (QED) is 0.516. The van der Waals surface area contributed by atoms with Gasteiger partial charge in [-0.2, -0.15) is 0 Å². The lowest BCUT2D eigenvalue weighted by atomic mass is 10.1. The molecular formula is C9H10N2O2. The van der Waals surface area contributed by atoms with Crippen LogP contribution in [0.2, 0.25) is 0 Å². The lowest BCUT2D eigenvalue weighted by molar-refractivity contribution is 0.133. The minimum absolute atomic E-state index is 0.223. The molecule has 1 amide bonds. The number of amides is 1. The zero-order valence-electron chi connectivity index (χ0n) is 7.01. The van der Waals surface area contributed by atoms with E-state index in [1.807, 2.05) is 30.3 Å². The lowest BCUT2D eigenvalue weighted by Gasteiger charge is -2.06. The highest BCUT2D eigenvalue weighted by atomic mass is 16.6. The first-order valence-corrected chi connectivity index (χ1v) is 4.05. The van der Waals surface area contributed by atoms with Crippen molar-refractivity contribution >= 4 is 6.09 Å². The summed E-state index contributed by atoms with van der Waals surface area (Å²) in [5, 5.41) is 1.08. The molecule has 1 aliphatic rings. The predicted molar refractivity (Wildman–Crippen MR) is 46.6 cm³/mol. The van der Waals surface area contributed by atoms with E-state index in [1.165, 1.54) is 0 Å². The molecule has 0 aliphatic carbocycles. The normalized spacial score (nSPS) is 21.8. The fourth-order valence-corrected chi connectivity index (χ4v) is 1.32. The molecule has 1 heterocycles. The molecule has 4 nitrogen and oxygen atoms in total. The fourth-order valence-electron chi connectivity index (χ4n) is 1.32. The Balaban J connectivity index is 2.17. The van der Waals surface area contributed by atoms with Gasteiger partial charge in [0, 0.05) is 0 Å². The number of rotatable bonds is 1. The van der Waals surface area contributed by atoms with E-state index in [2.05, 4.69) is 0 Å². The van der Waals surface area contributed by atoms with Crippen molar-refractivity contribution in [2.45, 2.75) is 6.10 Å². The van der Waals surface area contributed by atoms with Crippen LogP contribution in [0.4, 0.5) is 4.79 Å². The van der Waals surface area contributed by atoms with Crippen molar-refractivity contribution in [1.29, 1.82) is 0 Å². The van der Waals surface area contributed by atoms with Gasteiger partial charge in [-0.3, -0.25) is 0 Å². The maximum Gasteiger partial charge on any atom is 0.424 e. The Kier molecular flexibility index (Phi) is 1.90. The molecule has 4 heteroatoms. The standard InChI is InChI=1S/C9H10N2O2/c10-11-6-8(13-9(11)12)7-4-2-1-3-5-7/h1-5,8H,6,10H2. The first-order valence-electron chi connectivity index (χ1n) is 4.05. The average Bonchev–Trinajstić information content (AvgIpc) is 2.49. The van der Waals surface area contributed by atoms with Crippen molar-refractivity contribution in [2.24, 2.45) is 5.84 Å². The summed E-state index contributed by atoms with van der Waals surface area (Å²) in [5.41, 5.74) is 0.976. The van der Waals surface area contributed by atoms with E-state index in [-0.39, 0.29) is 6.10 Å². The average molecular weight is 178 g/mol. The summed E-state index contributed by atoms with van der Waals surface area (Å²) in [4.78, 5) is 10.9. The molecule has 13 heavy (non-hydrogen) atoms. The van der Waals surface area contributed by atoms with E-state index in [4.69, 9.17) is 10.6 Å². The topological polar surface area (TPSA) is 55.6 Å². The Labute approximate surface area is 75.9 Å². The number of carbonyl (C=O) groups excluding carboxylic acids is 1. The maximum atomic E-state index is 10.9. The van der Waals surface area contributed by atoms with Crippen molar-refractivity contribution in [3.63, 3.8) is 0 Å². The van der Waals surface area contributed by atoms with Crippen molar-refractivity contribution in [1.82, 2.24) is 5.01 Å². The summed E-state index contributed by atoms with van der Waals surface area (Å²) in [5.74, 6) is 5.36. The monoisotopic (exact) mass is 178 g/mol. The molecular weight excluding hydrogens is 168 g/mol. The number of nitrogens with two attached hydrogens (primary N) is 1. The zero-order valence-corrected chi connectivity index (χ0v) is 7.01. The third-order valence-electron chi connectivity index (χ3n) is 2.01. The van der Waals surface area contributed by atoms with Gasteiger partial charge in [-0.1, -0.05) is 30.3 Å². The lowest BCUT2D eigenvalue weighted by Crippen LogP contribution is -2.31. The van der Waals surface area contributed by atoms with E-state index in [1.54, 1.807) is 0 Å². The second-order valence-electron chi connectivity index (χ2n) is 2.94. The van der Waals surface area contributed by atoms with Crippen molar-refractivity contribution < 1.29 is 9.53 Å². The summed E-state index contributed by atoms with van der Waals surface area (Å²) >= 11 is 0. The Morgan fingerprint density at radius 1 is 1.38 bits per heavy atom. The Bertz CT molecular complexity index is 313. The molecule has 0 saturated carbocycles. The van der Waals surface area contributed by atoms with E-state index in [9.17, 15) is 4.79 Å². The van der Waals surface area contributed by atoms with Crippen LogP contribution in [0.1, 0.15) is 11.7 Å². The molecule has 0 aromatic heterocycles. The van der Waals surface area contributed by atoms with Gasteiger partial charge in [0.25, 0.3) is 0 Å². The number of hydrazine groups is 1. The van der Waals surface area contributed by atoms with Crippen LogP contribution in [0.5, 0.6) is 0 Å². The van der Waals surface area contributed by atoms with Crippen molar-refractivity contribution in [3.05, 3.63) is 35.9 Å². The molecule has 1 aliphatic heterocycles. The molecule has 0 spiro atoms. The maximum absolute atomic E-state index is 10.9. The van der Waals surface area contributed by atoms with E-state index < -0.39 is 6.09 Å². The van der Waals surface area contributed by atoms with Gasteiger partial charge < -0.3 is 4.74 Å². The van der Waals surface area contributed by atoms with E-state index in [0.29, 0.717) is 6.54 Å². The van der Waals surface area contributed by atoms with Gasteiger partial charge in [0.2, 0.25) is 0 Å². The number of cyclic esters (lactones) is 1. The van der Waals surface area contributed by atoms with Crippen LogP contribution in [-0.4, -0.2) is 17.6 Å².